The molecule has 5 amide bonds. The fourth-order valence-electron chi connectivity index (χ4n) is 2.97. The molecule has 2 aromatic carbocycles. The Morgan fingerprint density at radius 3 is 2.31 bits per heavy atom. The minimum atomic E-state index is -1.02. The van der Waals surface area contributed by atoms with Gasteiger partial charge in [0, 0.05) is 6.54 Å². The standard InChI is InChI=1S/C21H21N3O5/c1-29-17-11-9-16(10-12-17)24-20(27)19(26)23(21(24)28)14-18(25)22-13-5-8-15-6-3-2-4-7-15/h2-4,6-7,9-12H,5,8,13-14H2,1H3,(H,22,25). The van der Waals surface area contributed by atoms with Gasteiger partial charge in [-0.1, -0.05) is 30.3 Å². The molecule has 1 saturated heterocycles. The Labute approximate surface area is 168 Å². The number of nitrogens with zero attached hydrogens (tertiary/aromatic N) is 2. The van der Waals surface area contributed by atoms with Gasteiger partial charge in [-0.3, -0.25) is 14.4 Å². The summed E-state index contributed by atoms with van der Waals surface area (Å²) < 4.78 is 5.04. The van der Waals surface area contributed by atoms with Crippen LogP contribution in [0.1, 0.15) is 12.0 Å². The molecule has 0 saturated carbocycles. The van der Waals surface area contributed by atoms with Crippen molar-refractivity contribution in [2.45, 2.75) is 12.8 Å². The van der Waals surface area contributed by atoms with Gasteiger partial charge >= 0.3 is 17.8 Å². The third-order valence-corrected chi connectivity index (χ3v) is 4.49. The lowest BCUT2D eigenvalue weighted by atomic mass is 10.1. The van der Waals surface area contributed by atoms with E-state index in [-0.39, 0.29) is 5.69 Å². The number of aryl methyl sites for hydroxylation is 1. The maximum absolute atomic E-state index is 12.5. The summed E-state index contributed by atoms with van der Waals surface area (Å²) in [6.45, 7) is -0.0957. The lowest BCUT2D eigenvalue weighted by Crippen LogP contribution is -2.41. The molecule has 8 heteroatoms. The maximum Gasteiger partial charge on any atom is 0.339 e. The van der Waals surface area contributed by atoms with E-state index >= 15 is 0 Å². The summed E-state index contributed by atoms with van der Waals surface area (Å²) in [5, 5.41) is 2.67. The first-order valence-electron chi connectivity index (χ1n) is 9.16. The quantitative estimate of drug-likeness (QED) is 0.417. The summed E-state index contributed by atoms with van der Waals surface area (Å²) in [5.74, 6) is -1.96. The van der Waals surface area contributed by atoms with Crippen molar-refractivity contribution in [3.05, 3.63) is 60.2 Å². The second-order valence-electron chi connectivity index (χ2n) is 6.45. The molecule has 29 heavy (non-hydrogen) atoms. The second-order valence-corrected chi connectivity index (χ2v) is 6.45. The molecule has 0 atom stereocenters. The van der Waals surface area contributed by atoms with E-state index in [2.05, 4.69) is 5.32 Å². The van der Waals surface area contributed by atoms with Crippen molar-refractivity contribution in [1.82, 2.24) is 10.2 Å². The zero-order valence-electron chi connectivity index (χ0n) is 16.0. The maximum atomic E-state index is 12.5. The molecule has 0 aliphatic carbocycles. The first-order chi connectivity index (χ1) is 14.0. The Bertz CT molecular complexity index is 912. The summed E-state index contributed by atoms with van der Waals surface area (Å²) in [4.78, 5) is 50.5. The number of ether oxygens (including phenoxy) is 1. The minimum absolute atomic E-state index is 0.236. The Hall–Kier alpha value is -3.68. The zero-order chi connectivity index (χ0) is 20.8. The van der Waals surface area contributed by atoms with Crippen molar-refractivity contribution in [2.24, 2.45) is 0 Å². The van der Waals surface area contributed by atoms with Gasteiger partial charge in [-0.15, -0.1) is 0 Å². The SMILES string of the molecule is COc1ccc(N2C(=O)C(=O)N(CC(=O)NCCCc3ccccc3)C2=O)cc1. The van der Waals surface area contributed by atoms with E-state index in [1.165, 1.54) is 19.2 Å². The van der Waals surface area contributed by atoms with E-state index in [1.54, 1.807) is 12.1 Å². The van der Waals surface area contributed by atoms with Crippen LogP contribution in [0.15, 0.2) is 54.6 Å². The van der Waals surface area contributed by atoms with Gasteiger partial charge in [0.1, 0.15) is 12.3 Å². The van der Waals surface area contributed by atoms with Crippen molar-refractivity contribution in [1.29, 1.82) is 0 Å². The van der Waals surface area contributed by atoms with Gasteiger partial charge in [0.25, 0.3) is 0 Å². The molecule has 2 aromatic rings. The summed E-state index contributed by atoms with van der Waals surface area (Å²) >= 11 is 0. The molecule has 1 aliphatic rings. The number of rotatable bonds is 8. The molecular formula is C21H21N3O5. The molecular weight excluding hydrogens is 374 g/mol. The third kappa shape index (κ3) is 4.60. The van der Waals surface area contributed by atoms with Crippen LogP contribution in [-0.4, -0.2) is 48.9 Å². The van der Waals surface area contributed by atoms with Crippen LogP contribution in [-0.2, 0) is 20.8 Å². The Morgan fingerprint density at radius 2 is 1.66 bits per heavy atom. The normalized spacial score (nSPS) is 13.8. The predicted molar refractivity (Wildman–Crippen MR) is 105 cm³/mol. The smallest absolute Gasteiger partial charge is 0.339 e. The van der Waals surface area contributed by atoms with E-state index in [4.69, 9.17) is 4.74 Å². The Morgan fingerprint density at radius 1 is 0.966 bits per heavy atom. The molecule has 0 aromatic heterocycles. The predicted octanol–water partition coefficient (Wildman–Crippen LogP) is 1.74. The Balaban J connectivity index is 1.54. The molecule has 1 fully saturated rings. The number of methoxy groups -OCH3 is 1. The molecule has 150 valence electrons. The monoisotopic (exact) mass is 395 g/mol. The number of urea groups is 1. The van der Waals surface area contributed by atoms with Crippen LogP contribution in [0.4, 0.5) is 10.5 Å². The molecule has 0 bridgehead atoms. The van der Waals surface area contributed by atoms with Crippen LogP contribution in [0, 0.1) is 0 Å². The lowest BCUT2D eigenvalue weighted by molar-refractivity contribution is -0.140. The molecule has 1 heterocycles. The number of hydrogen-bond donors (Lipinski definition) is 1. The van der Waals surface area contributed by atoms with Crippen LogP contribution >= 0.6 is 0 Å². The van der Waals surface area contributed by atoms with E-state index in [9.17, 15) is 19.2 Å². The van der Waals surface area contributed by atoms with E-state index in [1.807, 2.05) is 30.3 Å². The molecule has 3 rings (SSSR count). The first-order valence-corrected chi connectivity index (χ1v) is 9.16. The molecule has 0 unspecified atom stereocenters. The number of benzene rings is 2. The number of anilines is 1. The van der Waals surface area contributed by atoms with Crippen LogP contribution in [0.3, 0.4) is 0 Å². The number of carbonyl (C=O) groups is 4. The number of nitrogens with one attached hydrogen (secondary N) is 1. The highest BCUT2D eigenvalue weighted by atomic mass is 16.5. The number of hydrogen-bond acceptors (Lipinski definition) is 5. The van der Waals surface area contributed by atoms with Crippen LogP contribution in [0.5, 0.6) is 5.75 Å². The number of amides is 5. The summed E-state index contributed by atoms with van der Waals surface area (Å²) in [6, 6.07) is 15.1. The van der Waals surface area contributed by atoms with Crippen LogP contribution in [0.25, 0.3) is 0 Å². The number of imide groups is 2. The van der Waals surface area contributed by atoms with Crippen molar-refractivity contribution < 1.29 is 23.9 Å². The van der Waals surface area contributed by atoms with Gasteiger partial charge in [-0.05, 0) is 42.7 Å². The van der Waals surface area contributed by atoms with Crippen molar-refractivity contribution >= 4 is 29.4 Å². The molecule has 8 nitrogen and oxygen atoms in total. The fraction of sp³-hybridized carbons (Fsp3) is 0.238. The number of carbonyl (C=O) groups excluding carboxylic acids is 4. The Kier molecular flexibility index (Phi) is 6.23. The van der Waals surface area contributed by atoms with Gasteiger partial charge in [-0.2, -0.15) is 0 Å². The lowest BCUT2D eigenvalue weighted by Gasteiger charge is -2.15. The average molecular weight is 395 g/mol. The first kappa shape index (κ1) is 20.1. The van der Waals surface area contributed by atoms with Gasteiger partial charge < -0.3 is 10.1 Å². The molecule has 0 radical (unpaired) electrons. The zero-order valence-corrected chi connectivity index (χ0v) is 16.0. The van der Waals surface area contributed by atoms with E-state index in [0.717, 1.165) is 16.9 Å². The summed E-state index contributed by atoms with van der Waals surface area (Å²) in [7, 11) is 1.49. The van der Waals surface area contributed by atoms with Gasteiger partial charge in [0.05, 0.1) is 12.8 Å². The van der Waals surface area contributed by atoms with Gasteiger partial charge in [-0.25, -0.2) is 14.6 Å². The summed E-state index contributed by atoms with van der Waals surface area (Å²) in [5.41, 5.74) is 1.40. The molecule has 0 spiro atoms. The van der Waals surface area contributed by atoms with Gasteiger partial charge in [0.2, 0.25) is 5.91 Å². The van der Waals surface area contributed by atoms with Crippen molar-refractivity contribution in [3.63, 3.8) is 0 Å². The highest BCUT2D eigenvalue weighted by Crippen LogP contribution is 2.24. The van der Waals surface area contributed by atoms with Gasteiger partial charge in [0.15, 0.2) is 0 Å². The van der Waals surface area contributed by atoms with Crippen LogP contribution < -0.4 is 15.0 Å². The second kappa shape index (κ2) is 9.01. The minimum Gasteiger partial charge on any atom is -0.497 e. The highest BCUT2D eigenvalue weighted by molar-refractivity contribution is 6.53. The molecule has 1 aliphatic heterocycles. The van der Waals surface area contributed by atoms with E-state index < -0.39 is 30.3 Å². The largest absolute Gasteiger partial charge is 0.497 e. The van der Waals surface area contributed by atoms with Crippen LogP contribution in [0.2, 0.25) is 0 Å². The van der Waals surface area contributed by atoms with Crippen molar-refractivity contribution in [2.75, 3.05) is 25.1 Å². The van der Waals surface area contributed by atoms with Crippen molar-refractivity contribution in [3.8, 4) is 5.75 Å². The van der Waals surface area contributed by atoms with E-state index in [0.29, 0.717) is 23.6 Å². The molecule has 1 N–H and O–H groups in total. The highest BCUT2D eigenvalue weighted by Gasteiger charge is 2.46. The average Bonchev–Trinajstić information content (AvgIpc) is 2.95. The topological polar surface area (TPSA) is 96.0 Å². The third-order valence-electron chi connectivity index (χ3n) is 4.49. The fourth-order valence-corrected chi connectivity index (χ4v) is 2.97. The summed E-state index contributed by atoms with van der Waals surface area (Å²) in [6.07, 6.45) is 1.51.